The lowest BCUT2D eigenvalue weighted by atomic mass is 10.1. The predicted octanol–water partition coefficient (Wildman–Crippen LogP) is 1.92. The number of rotatable bonds is 4. The highest BCUT2D eigenvalue weighted by molar-refractivity contribution is 5.78. The summed E-state index contributed by atoms with van der Waals surface area (Å²) in [5, 5.41) is 0. The number of ether oxygens (including phenoxy) is 1. The molecule has 2 heteroatoms. The number of hydrogen-bond donors (Lipinski definition) is 0. The van der Waals surface area contributed by atoms with Crippen LogP contribution in [-0.2, 0) is 9.53 Å². The van der Waals surface area contributed by atoms with E-state index in [1.165, 1.54) is 0 Å². The van der Waals surface area contributed by atoms with E-state index in [2.05, 4.69) is 0 Å². The van der Waals surface area contributed by atoms with Gasteiger partial charge >= 0.3 is 0 Å². The molecule has 1 fully saturated rings. The molecule has 0 unspecified atom stereocenters. The normalized spacial score (nSPS) is 23.9. The molecule has 1 atom stereocenters. The maximum absolute atomic E-state index is 11.1. The van der Waals surface area contributed by atoms with E-state index >= 15 is 0 Å². The van der Waals surface area contributed by atoms with Crippen LogP contribution in [0.5, 0.6) is 0 Å². The Morgan fingerprint density at radius 3 is 3.00 bits per heavy atom. The van der Waals surface area contributed by atoms with Crippen LogP contribution in [0.4, 0.5) is 0 Å². The first kappa shape index (κ1) is 8.72. The maximum atomic E-state index is 11.1. The molecule has 0 aromatic rings. The van der Waals surface area contributed by atoms with Gasteiger partial charge in [0.1, 0.15) is 5.78 Å². The van der Waals surface area contributed by atoms with E-state index in [0.717, 1.165) is 32.3 Å². The Balaban J connectivity index is 2.13. The van der Waals surface area contributed by atoms with E-state index in [9.17, 15) is 4.79 Å². The smallest absolute Gasteiger partial charge is 0.135 e. The molecule has 1 aliphatic rings. The fraction of sp³-hybridized carbons (Fsp3) is 0.889. The zero-order chi connectivity index (χ0) is 8.10. The summed E-state index contributed by atoms with van der Waals surface area (Å²) in [7, 11) is 0. The molecule has 0 aromatic heterocycles. The van der Waals surface area contributed by atoms with E-state index in [-0.39, 0.29) is 6.10 Å². The molecule has 2 nitrogen and oxygen atoms in total. The second-order valence-corrected chi connectivity index (χ2v) is 3.13. The van der Waals surface area contributed by atoms with Gasteiger partial charge in [0.15, 0.2) is 0 Å². The van der Waals surface area contributed by atoms with Crippen molar-refractivity contribution in [1.82, 2.24) is 0 Å². The van der Waals surface area contributed by atoms with Gasteiger partial charge in [0.05, 0.1) is 6.10 Å². The van der Waals surface area contributed by atoms with Crippen molar-refractivity contribution in [2.45, 2.75) is 45.1 Å². The van der Waals surface area contributed by atoms with Gasteiger partial charge < -0.3 is 4.74 Å². The lowest BCUT2D eigenvalue weighted by Crippen LogP contribution is -2.11. The SMILES string of the molecule is CCCC(=O)C[C@H]1CCCO1. The predicted molar refractivity (Wildman–Crippen MR) is 43.5 cm³/mol. The van der Waals surface area contributed by atoms with Crippen molar-refractivity contribution in [3.05, 3.63) is 0 Å². The standard InChI is InChI=1S/C9H16O2/c1-2-4-8(10)7-9-5-3-6-11-9/h9H,2-7H2,1H3/t9-/m1/s1. The molecule has 0 radical (unpaired) electrons. The summed E-state index contributed by atoms with van der Waals surface area (Å²) in [5.41, 5.74) is 0. The highest BCUT2D eigenvalue weighted by Gasteiger charge is 2.17. The van der Waals surface area contributed by atoms with Crippen LogP contribution in [-0.4, -0.2) is 18.5 Å². The van der Waals surface area contributed by atoms with Crippen molar-refractivity contribution < 1.29 is 9.53 Å². The van der Waals surface area contributed by atoms with Gasteiger partial charge in [-0.05, 0) is 19.3 Å². The summed E-state index contributed by atoms with van der Waals surface area (Å²) in [4.78, 5) is 11.1. The molecule has 0 amide bonds. The second-order valence-electron chi connectivity index (χ2n) is 3.13. The third kappa shape index (κ3) is 3.02. The van der Waals surface area contributed by atoms with Crippen LogP contribution in [0.2, 0.25) is 0 Å². The third-order valence-electron chi connectivity index (χ3n) is 2.01. The van der Waals surface area contributed by atoms with Crippen LogP contribution in [0.25, 0.3) is 0 Å². The molecule has 1 aliphatic heterocycles. The molecule has 1 rings (SSSR count). The highest BCUT2D eigenvalue weighted by Crippen LogP contribution is 2.16. The topological polar surface area (TPSA) is 26.3 Å². The zero-order valence-corrected chi connectivity index (χ0v) is 7.14. The van der Waals surface area contributed by atoms with Crippen molar-refractivity contribution in [2.75, 3.05) is 6.61 Å². The van der Waals surface area contributed by atoms with E-state index in [4.69, 9.17) is 4.74 Å². The van der Waals surface area contributed by atoms with Crippen LogP contribution in [0.1, 0.15) is 39.0 Å². The molecule has 0 aliphatic carbocycles. The summed E-state index contributed by atoms with van der Waals surface area (Å²) in [6.07, 6.45) is 4.78. The number of carbonyl (C=O) groups is 1. The van der Waals surface area contributed by atoms with Crippen molar-refractivity contribution in [1.29, 1.82) is 0 Å². The van der Waals surface area contributed by atoms with Crippen molar-refractivity contribution >= 4 is 5.78 Å². The molecule has 0 saturated carbocycles. The Labute approximate surface area is 67.9 Å². The number of Topliss-reactive ketones (excluding diaryl/α,β-unsaturated/α-hetero) is 1. The Morgan fingerprint density at radius 1 is 1.64 bits per heavy atom. The van der Waals surface area contributed by atoms with Gasteiger partial charge in [0.2, 0.25) is 0 Å². The van der Waals surface area contributed by atoms with Gasteiger partial charge in [-0.1, -0.05) is 6.92 Å². The summed E-state index contributed by atoms with van der Waals surface area (Å²) >= 11 is 0. The summed E-state index contributed by atoms with van der Waals surface area (Å²) < 4.78 is 5.35. The minimum absolute atomic E-state index is 0.244. The fourth-order valence-corrected chi connectivity index (χ4v) is 1.44. The molecule has 0 spiro atoms. The summed E-state index contributed by atoms with van der Waals surface area (Å²) in [5.74, 6) is 0.361. The summed E-state index contributed by atoms with van der Waals surface area (Å²) in [6.45, 7) is 2.89. The van der Waals surface area contributed by atoms with Gasteiger partial charge in [-0.25, -0.2) is 0 Å². The van der Waals surface area contributed by atoms with Crippen LogP contribution in [0.3, 0.4) is 0 Å². The van der Waals surface area contributed by atoms with Crippen LogP contribution < -0.4 is 0 Å². The Bertz CT molecular complexity index is 126. The first-order chi connectivity index (χ1) is 5.33. The lowest BCUT2D eigenvalue weighted by Gasteiger charge is -2.06. The minimum Gasteiger partial charge on any atom is -0.378 e. The van der Waals surface area contributed by atoms with E-state index in [1.807, 2.05) is 6.92 Å². The summed E-state index contributed by atoms with van der Waals surface area (Å²) in [6, 6.07) is 0. The Kier molecular flexibility index (Phi) is 3.57. The van der Waals surface area contributed by atoms with E-state index < -0.39 is 0 Å². The molecule has 1 saturated heterocycles. The molecule has 1 heterocycles. The number of hydrogen-bond acceptors (Lipinski definition) is 2. The molecular formula is C9H16O2. The Morgan fingerprint density at radius 2 is 2.45 bits per heavy atom. The minimum atomic E-state index is 0.244. The highest BCUT2D eigenvalue weighted by atomic mass is 16.5. The van der Waals surface area contributed by atoms with E-state index in [1.54, 1.807) is 0 Å². The first-order valence-electron chi connectivity index (χ1n) is 4.46. The van der Waals surface area contributed by atoms with Gasteiger partial charge in [-0.3, -0.25) is 4.79 Å². The lowest BCUT2D eigenvalue weighted by molar-refractivity contribution is -0.121. The molecule has 0 N–H and O–H groups in total. The molecule has 64 valence electrons. The third-order valence-corrected chi connectivity index (χ3v) is 2.01. The van der Waals surface area contributed by atoms with Gasteiger partial charge in [0.25, 0.3) is 0 Å². The molecular weight excluding hydrogens is 140 g/mol. The molecule has 0 bridgehead atoms. The van der Waals surface area contributed by atoms with Crippen molar-refractivity contribution in [3.63, 3.8) is 0 Å². The van der Waals surface area contributed by atoms with Crippen molar-refractivity contribution in [2.24, 2.45) is 0 Å². The Hall–Kier alpha value is -0.370. The fourth-order valence-electron chi connectivity index (χ4n) is 1.44. The largest absolute Gasteiger partial charge is 0.378 e. The molecule has 0 aromatic carbocycles. The second kappa shape index (κ2) is 4.50. The van der Waals surface area contributed by atoms with Crippen LogP contribution >= 0.6 is 0 Å². The van der Waals surface area contributed by atoms with Crippen LogP contribution in [0, 0.1) is 0 Å². The number of ketones is 1. The zero-order valence-electron chi connectivity index (χ0n) is 7.14. The van der Waals surface area contributed by atoms with Gasteiger partial charge in [-0.2, -0.15) is 0 Å². The number of carbonyl (C=O) groups excluding carboxylic acids is 1. The first-order valence-corrected chi connectivity index (χ1v) is 4.46. The molecule has 11 heavy (non-hydrogen) atoms. The van der Waals surface area contributed by atoms with Crippen molar-refractivity contribution in [3.8, 4) is 0 Å². The average molecular weight is 156 g/mol. The quantitative estimate of drug-likeness (QED) is 0.621. The van der Waals surface area contributed by atoms with Gasteiger partial charge in [0, 0.05) is 19.4 Å². The average Bonchev–Trinajstić information content (AvgIpc) is 2.40. The monoisotopic (exact) mass is 156 g/mol. The van der Waals surface area contributed by atoms with E-state index in [0.29, 0.717) is 12.2 Å². The maximum Gasteiger partial charge on any atom is 0.135 e. The van der Waals surface area contributed by atoms with Gasteiger partial charge in [-0.15, -0.1) is 0 Å². The van der Waals surface area contributed by atoms with Crippen LogP contribution in [0.15, 0.2) is 0 Å².